The van der Waals surface area contributed by atoms with Crippen molar-refractivity contribution >= 4 is 17.5 Å². The highest BCUT2D eigenvalue weighted by atomic mass is 16.2. The molecular formula is C9H9N3O2. The van der Waals surface area contributed by atoms with Crippen molar-refractivity contribution in [1.82, 2.24) is 10.2 Å². The van der Waals surface area contributed by atoms with Gasteiger partial charge in [0.15, 0.2) is 11.6 Å². The van der Waals surface area contributed by atoms with Crippen LogP contribution in [-0.2, 0) is 9.59 Å². The van der Waals surface area contributed by atoms with Gasteiger partial charge in [-0.15, -0.1) is 5.10 Å². The molecule has 1 aromatic rings. The molecule has 0 saturated carbocycles. The molecule has 0 spiro atoms. The lowest BCUT2D eigenvalue weighted by Crippen LogP contribution is -2.25. The maximum Gasteiger partial charge on any atom is 0.236 e. The van der Waals surface area contributed by atoms with Gasteiger partial charge >= 0.3 is 0 Å². The van der Waals surface area contributed by atoms with Gasteiger partial charge in [-0.25, -0.2) is 0 Å². The van der Waals surface area contributed by atoms with Crippen molar-refractivity contribution in [3.8, 4) is 0 Å². The summed E-state index contributed by atoms with van der Waals surface area (Å²) >= 11 is 0. The number of Topliss-reactive ketones (excluding diaryl/α,β-unsaturated/α-hetero) is 1. The van der Waals surface area contributed by atoms with Crippen molar-refractivity contribution in [2.24, 2.45) is 0 Å². The van der Waals surface area contributed by atoms with Crippen LogP contribution in [0, 0.1) is 6.92 Å². The van der Waals surface area contributed by atoms with E-state index in [0.717, 1.165) is 5.69 Å². The van der Waals surface area contributed by atoms with E-state index in [1.165, 1.54) is 4.90 Å². The van der Waals surface area contributed by atoms with Gasteiger partial charge in [-0.1, -0.05) is 0 Å². The third-order valence-electron chi connectivity index (χ3n) is 2.04. The number of nitrogens with zero attached hydrogens (tertiary/aromatic N) is 3. The minimum absolute atomic E-state index is 0.0183. The second kappa shape index (κ2) is 3.17. The number of rotatable bonds is 1. The topological polar surface area (TPSA) is 63.2 Å². The zero-order valence-electron chi connectivity index (χ0n) is 7.73. The number of hydrogen-bond donors (Lipinski definition) is 0. The highest BCUT2D eigenvalue weighted by molar-refractivity contribution is 6.14. The molecule has 1 amide bonds. The number of anilines is 1. The Labute approximate surface area is 80.7 Å². The smallest absolute Gasteiger partial charge is 0.236 e. The first-order valence-electron chi connectivity index (χ1n) is 4.29. The fraction of sp³-hybridized carbons (Fsp3) is 0.333. The fourth-order valence-corrected chi connectivity index (χ4v) is 1.33. The first-order valence-corrected chi connectivity index (χ1v) is 4.29. The van der Waals surface area contributed by atoms with Crippen LogP contribution in [0.25, 0.3) is 0 Å². The Balaban J connectivity index is 2.27. The zero-order valence-corrected chi connectivity index (χ0v) is 7.73. The number of hydrogen-bond acceptors (Lipinski definition) is 4. The second-order valence-corrected chi connectivity index (χ2v) is 3.23. The molecular weight excluding hydrogens is 182 g/mol. The van der Waals surface area contributed by atoms with E-state index in [9.17, 15) is 9.59 Å². The van der Waals surface area contributed by atoms with Gasteiger partial charge in [0.25, 0.3) is 0 Å². The maximum atomic E-state index is 11.3. The summed E-state index contributed by atoms with van der Waals surface area (Å²) in [4.78, 5) is 23.7. The SMILES string of the molecule is Cc1ccc(N2CC(=O)CC2=O)nn1. The van der Waals surface area contributed by atoms with E-state index >= 15 is 0 Å². The van der Waals surface area contributed by atoms with Crippen LogP contribution in [-0.4, -0.2) is 28.4 Å². The van der Waals surface area contributed by atoms with Crippen LogP contribution in [0.2, 0.25) is 0 Å². The van der Waals surface area contributed by atoms with Gasteiger partial charge < -0.3 is 0 Å². The average Bonchev–Trinajstić information content (AvgIpc) is 2.47. The van der Waals surface area contributed by atoms with E-state index in [2.05, 4.69) is 10.2 Å². The van der Waals surface area contributed by atoms with Crippen LogP contribution < -0.4 is 4.90 Å². The summed E-state index contributed by atoms with van der Waals surface area (Å²) in [5.41, 5.74) is 0.784. The number of carbonyl (C=O) groups excluding carboxylic acids is 2. The molecule has 1 aromatic heterocycles. The van der Waals surface area contributed by atoms with Crippen molar-refractivity contribution in [1.29, 1.82) is 0 Å². The molecule has 0 aromatic carbocycles. The predicted molar refractivity (Wildman–Crippen MR) is 48.7 cm³/mol. The molecule has 1 aliphatic heterocycles. The average molecular weight is 191 g/mol. The highest BCUT2D eigenvalue weighted by Crippen LogP contribution is 2.15. The molecule has 0 radical (unpaired) electrons. The summed E-state index contributed by atoms with van der Waals surface area (Å²) in [7, 11) is 0. The van der Waals surface area contributed by atoms with Gasteiger partial charge in [-0.2, -0.15) is 5.10 Å². The molecule has 5 nitrogen and oxygen atoms in total. The molecule has 0 atom stereocenters. The van der Waals surface area contributed by atoms with Gasteiger partial charge in [0.05, 0.1) is 18.7 Å². The normalized spacial score (nSPS) is 16.5. The summed E-state index contributed by atoms with van der Waals surface area (Å²) in [6.45, 7) is 1.93. The number of carbonyl (C=O) groups is 2. The van der Waals surface area contributed by atoms with E-state index in [4.69, 9.17) is 0 Å². The molecule has 1 saturated heterocycles. The largest absolute Gasteiger partial charge is 0.297 e. The van der Waals surface area contributed by atoms with Crippen molar-refractivity contribution < 1.29 is 9.59 Å². The molecule has 0 aliphatic carbocycles. The predicted octanol–water partition coefficient (Wildman–Crippen LogP) is 0.0908. The number of aromatic nitrogens is 2. The lowest BCUT2D eigenvalue weighted by molar-refractivity contribution is -0.121. The van der Waals surface area contributed by atoms with Gasteiger partial charge in [0, 0.05) is 0 Å². The molecule has 1 fully saturated rings. The van der Waals surface area contributed by atoms with Crippen molar-refractivity contribution in [2.45, 2.75) is 13.3 Å². The first-order chi connectivity index (χ1) is 6.66. The highest BCUT2D eigenvalue weighted by Gasteiger charge is 2.29. The molecule has 2 heterocycles. The Morgan fingerprint density at radius 1 is 1.29 bits per heavy atom. The molecule has 14 heavy (non-hydrogen) atoms. The van der Waals surface area contributed by atoms with Gasteiger partial charge in [-0.3, -0.25) is 14.5 Å². The number of ketones is 1. The van der Waals surface area contributed by atoms with Crippen LogP contribution in [0.4, 0.5) is 5.82 Å². The number of aryl methyl sites for hydroxylation is 1. The van der Waals surface area contributed by atoms with Crippen molar-refractivity contribution in [3.05, 3.63) is 17.8 Å². The molecule has 5 heteroatoms. The molecule has 2 rings (SSSR count). The van der Waals surface area contributed by atoms with Crippen LogP contribution in [0.5, 0.6) is 0 Å². The van der Waals surface area contributed by atoms with Gasteiger partial charge in [0.1, 0.15) is 0 Å². The minimum atomic E-state index is -0.201. The summed E-state index contributed by atoms with van der Waals surface area (Å²) in [5.74, 6) is 0.178. The van der Waals surface area contributed by atoms with Crippen LogP contribution >= 0.6 is 0 Å². The lowest BCUT2D eigenvalue weighted by atomic mass is 10.3. The Morgan fingerprint density at radius 2 is 2.07 bits per heavy atom. The third-order valence-corrected chi connectivity index (χ3v) is 2.04. The van der Waals surface area contributed by atoms with Crippen molar-refractivity contribution in [2.75, 3.05) is 11.4 Å². The fourth-order valence-electron chi connectivity index (χ4n) is 1.33. The van der Waals surface area contributed by atoms with Crippen molar-refractivity contribution in [3.63, 3.8) is 0 Å². The summed E-state index contributed by atoms with van der Waals surface area (Å²) in [6.07, 6.45) is -0.0183. The van der Waals surface area contributed by atoms with E-state index in [-0.39, 0.29) is 24.7 Å². The lowest BCUT2D eigenvalue weighted by Gasteiger charge is -2.11. The van der Waals surface area contributed by atoms with Gasteiger partial charge in [-0.05, 0) is 19.1 Å². The molecule has 0 N–H and O–H groups in total. The van der Waals surface area contributed by atoms with E-state index in [0.29, 0.717) is 5.82 Å². The summed E-state index contributed by atoms with van der Waals surface area (Å²) < 4.78 is 0. The quantitative estimate of drug-likeness (QED) is 0.590. The monoisotopic (exact) mass is 191 g/mol. The van der Waals surface area contributed by atoms with E-state index < -0.39 is 0 Å². The van der Waals surface area contributed by atoms with Gasteiger partial charge in [0.2, 0.25) is 5.91 Å². The summed E-state index contributed by atoms with van der Waals surface area (Å²) in [5, 5.41) is 7.68. The Hall–Kier alpha value is -1.78. The molecule has 0 unspecified atom stereocenters. The summed E-state index contributed by atoms with van der Waals surface area (Å²) in [6, 6.07) is 3.46. The third kappa shape index (κ3) is 1.48. The maximum absolute atomic E-state index is 11.3. The first kappa shape index (κ1) is 8.80. The minimum Gasteiger partial charge on any atom is -0.297 e. The van der Waals surface area contributed by atoms with E-state index in [1.54, 1.807) is 12.1 Å². The molecule has 0 bridgehead atoms. The Morgan fingerprint density at radius 3 is 2.57 bits per heavy atom. The Kier molecular flexibility index (Phi) is 1.99. The standard InChI is InChI=1S/C9H9N3O2/c1-6-2-3-8(11-10-6)12-5-7(13)4-9(12)14/h2-3H,4-5H2,1H3. The van der Waals surface area contributed by atoms with Crippen LogP contribution in [0.3, 0.4) is 0 Å². The molecule has 72 valence electrons. The Bertz CT molecular complexity index is 386. The number of amides is 1. The van der Waals surface area contributed by atoms with E-state index in [1.807, 2.05) is 6.92 Å². The zero-order chi connectivity index (χ0) is 10.1. The van der Waals surface area contributed by atoms with Crippen LogP contribution in [0.1, 0.15) is 12.1 Å². The second-order valence-electron chi connectivity index (χ2n) is 3.23. The molecule has 1 aliphatic rings. The van der Waals surface area contributed by atoms with Crippen LogP contribution in [0.15, 0.2) is 12.1 Å².